The van der Waals surface area contributed by atoms with Gasteiger partial charge in [0.05, 0.1) is 6.61 Å². The molecule has 0 aliphatic carbocycles. The van der Waals surface area contributed by atoms with Crippen molar-refractivity contribution in [2.45, 2.75) is 33.4 Å². The van der Waals surface area contributed by atoms with E-state index in [9.17, 15) is 0 Å². The van der Waals surface area contributed by atoms with Gasteiger partial charge < -0.3 is 20.3 Å². The number of guanidine groups is 1. The lowest BCUT2D eigenvalue weighted by atomic mass is 10.2. The summed E-state index contributed by atoms with van der Waals surface area (Å²) in [7, 11) is 1.81. The van der Waals surface area contributed by atoms with Crippen molar-refractivity contribution < 1.29 is 4.74 Å². The minimum atomic E-state index is 0. The molecule has 1 aromatic carbocycles. The Morgan fingerprint density at radius 2 is 1.85 bits per heavy atom. The maximum Gasteiger partial charge on any atom is 0.191 e. The van der Waals surface area contributed by atoms with Crippen LogP contribution in [0.2, 0.25) is 0 Å². The molecule has 1 saturated heterocycles. The number of aliphatic imine (C=N–C) groups is 1. The Labute approximate surface area is 181 Å². The molecule has 0 spiro atoms. The molecule has 2 N–H and O–H groups in total. The molecule has 0 aromatic heterocycles. The molecule has 0 saturated carbocycles. The van der Waals surface area contributed by atoms with Crippen molar-refractivity contribution in [1.29, 1.82) is 0 Å². The maximum absolute atomic E-state index is 5.69. The van der Waals surface area contributed by atoms with Crippen LogP contribution in [-0.4, -0.2) is 74.7 Å². The van der Waals surface area contributed by atoms with E-state index in [1.165, 1.54) is 13.1 Å². The van der Waals surface area contributed by atoms with Crippen LogP contribution >= 0.6 is 24.0 Å². The second-order valence-electron chi connectivity index (χ2n) is 6.67. The third-order valence-electron chi connectivity index (χ3n) is 4.98. The summed E-state index contributed by atoms with van der Waals surface area (Å²) in [5.41, 5.74) is 1.14. The molecule has 154 valence electrons. The van der Waals surface area contributed by atoms with E-state index in [0.29, 0.717) is 19.2 Å². The second kappa shape index (κ2) is 13.2. The smallest absolute Gasteiger partial charge is 0.191 e. The predicted octanol–water partition coefficient (Wildman–Crippen LogP) is 2.39. The average Bonchev–Trinajstić information content (AvgIpc) is 2.69. The number of piperazine rings is 1. The van der Waals surface area contributed by atoms with Crippen LogP contribution in [0, 0.1) is 0 Å². The number of halogens is 1. The van der Waals surface area contributed by atoms with E-state index in [1.807, 2.05) is 32.2 Å². The van der Waals surface area contributed by atoms with Crippen molar-refractivity contribution in [3.05, 3.63) is 29.8 Å². The highest BCUT2D eigenvalue weighted by Gasteiger charge is 2.20. The lowest BCUT2D eigenvalue weighted by Crippen LogP contribution is -2.53. The van der Waals surface area contributed by atoms with Crippen LogP contribution in [0.25, 0.3) is 0 Å². The first-order valence-electron chi connectivity index (χ1n) is 9.79. The number of hydrogen-bond acceptors (Lipinski definition) is 4. The van der Waals surface area contributed by atoms with Crippen LogP contribution in [0.15, 0.2) is 29.3 Å². The Kier molecular flexibility index (Phi) is 11.7. The summed E-state index contributed by atoms with van der Waals surface area (Å²) in [5.74, 6) is 1.76. The summed E-state index contributed by atoms with van der Waals surface area (Å²) >= 11 is 0. The van der Waals surface area contributed by atoms with Gasteiger partial charge in [-0.1, -0.05) is 25.1 Å². The van der Waals surface area contributed by atoms with E-state index in [-0.39, 0.29) is 24.0 Å². The molecule has 1 aromatic rings. The summed E-state index contributed by atoms with van der Waals surface area (Å²) in [6, 6.07) is 8.62. The van der Waals surface area contributed by atoms with Crippen LogP contribution in [0.1, 0.15) is 26.3 Å². The third kappa shape index (κ3) is 7.83. The van der Waals surface area contributed by atoms with E-state index in [4.69, 9.17) is 4.74 Å². The van der Waals surface area contributed by atoms with Crippen LogP contribution in [0.3, 0.4) is 0 Å². The molecule has 1 aliphatic heterocycles. The Bertz CT molecular complexity index is 561. The van der Waals surface area contributed by atoms with Crippen molar-refractivity contribution in [3.63, 3.8) is 0 Å². The minimum absolute atomic E-state index is 0. The van der Waals surface area contributed by atoms with Crippen molar-refractivity contribution in [3.8, 4) is 5.75 Å². The number of hydrogen-bond donors (Lipinski definition) is 2. The van der Waals surface area contributed by atoms with Gasteiger partial charge in [0.25, 0.3) is 0 Å². The maximum atomic E-state index is 5.69. The molecule has 2 rings (SSSR count). The molecule has 27 heavy (non-hydrogen) atoms. The fourth-order valence-corrected chi connectivity index (χ4v) is 3.24. The molecule has 1 heterocycles. The van der Waals surface area contributed by atoms with E-state index >= 15 is 0 Å². The fourth-order valence-electron chi connectivity index (χ4n) is 3.24. The van der Waals surface area contributed by atoms with Crippen molar-refractivity contribution in [2.24, 2.45) is 4.99 Å². The van der Waals surface area contributed by atoms with Gasteiger partial charge in [0.2, 0.25) is 0 Å². The van der Waals surface area contributed by atoms with E-state index in [0.717, 1.165) is 43.5 Å². The number of likely N-dealkylation sites (N-methyl/N-ethyl adjacent to an activating group) is 1. The first-order chi connectivity index (χ1) is 12.7. The van der Waals surface area contributed by atoms with Crippen molar-refractivity contribution in [2.75, 3.05) is 52.9 Å². The van der Waals surface area contributed by atoms with E-state index in [1.54, 1.807) is 0 Å². The lowest BCUT2D eigenvalue weighted by Gasteiger charge is -2.37. The van der Waals surface area contributed by atoms with Gasteiger partial charge in [-0.3, -0.25) is 9.89 Å². The zero-order valence-electron chi connectivity index (χ0n) is 17.2. The zero-order valence-corrected chi connectivity index (χ0v) is 19.5. The van der Waals surface area contributed by atoms with Gasteiger partial charge in [0.15, 0.2) is 5.96 Å². The van der Waals surface area contributed by atoms with Gasteiger partial charge in [-0.25, -0.2) is 0 Å². The van der Waals surface area contributed by atoms with Crippen molar-refractivity contribution in [1.82, 2.24) is 20.4 Å². The van der Waals surface area contributed by atoms with Crippen molar-refractivity contribution >= 4 is 29.9 Å². The highest BCUT2D eigenvalue weighted by atomic mass is 127. The van der Waals surface area contributed by atoms with E-state index < -0.39 is 0 Å². The van der Waals surface area contributed by atoms with Crippen LogP contribution in [0.5, 0.6) is 5.75 Å². The Hall–Kier alpha value is -1.06. The Morgan fingerprint density at radius 1 is 1.15 bits per heavy atom. The monoisotopic (exact) mass is 489 g/mol. The SMILES string of the molecule is CCOc1ccccc1CNC(=NC)NCC(C)N1CCN(CC)CC1.I. The summed E-state index contributed by atoms with van der Waals surface area (Å²) in [6.45, 7) is 14.6. The fraction of sp³-hybridized carbons (Fsp3) is 0.650. The normalized spacial score (nSPS) is 17.1. The van der Waals surface area contributed by atoms with Gasteiger partial charge >= 0.3 is 0 Å². The Balaban J connectivity index is 0.00000364. The number of benzene rings is 1. The number of nitrogens with zero attached hydrogens (tertiary/aromatic N) is 3. The Morgan fingerprint density at radius 3 is 2.48 bits per heavy atom. The zero-order chi connectivity index (χ0) is 18.8. The summed E-state index contributed by atoms with van der Waals surface area (Å²) in [6.07, 6.45) is 0. The summed E-state index contributed by atoms with van der Waals surface area (Å²) in [5, 5.41) is 6.85. The number of ether oxygens (including phenoxy) is 1. The molecule has 1 fully saturated rings. The van der Waals surface area contributed by atoms with Gasteiger partial charge in [0, 0.05) is 57.9 Å². The van der Waals surface area contributed by atoms with Gasteiger partial charge in [-0.2, -0.15) is 0 Å². The first-order valence-corrected chi connectivity index (χ1v) is 9.79. The molecular formula is C20H36IN5O. The molecule has 0 radical (unpaired) electrons. The average molecular weight is 489 g/mol. The number of nitrogens with one attached hydrogen (secondary N) is 2. The summed E-state index contributed by atoms with van der Waals surface area (Å²) in [4.78, 5) is 9.41. The molecule has 0 bridgehead atoms. The quantitative estimate of drug-likeness (QED) is 0.334. The highest BCUT2D eigenvalue weighted by Crippen LogP contribution is 2.17. The summed E-state index contributed by atoms with van der Waals surface area (Å²) < 4.78 is 5.69. The minimum Gasteiger partial charge on any atom is -0.494 e. The second-order valence-corrected chi connectivity index (χ2v) is 6.67. The molecule has 1 unspecified atom stereocenters. The van der Waals surface area contributed by atoms with Crippen LogP contribution in [0.4, 0.5) is 0 Å². The molecule has 6 nitrogen and oxygen atoms in total. The van der Waals surface area contributed by atoms with Crippen LogP contribution < -0.4 is 15.4 Å². The van der Waals surface area contributed by atoms with Gasteiger partial charge in [0.1, 0.15) is 5.75 Å². The number of rotatable bonds is 8. The van der Waals surface area contributed by atoms with Gasteiger partial charge in [-0.15, -0.1) is 24.0 Å². The van der Waals surface area contributed by atoms with Gasteiger partial charge in [-0.05, 0) is 26.5 Å². The molecule has 1 atom stereocenters. The first kappa shape index (κ1) is 24.0. The van der Waals surface area contributed by atoms with Crippen LogP contribution in [-0.2, 0) is 6.54 Å². The third-order valence-corrected chi connectivity index (χ3v) is 4.98. The highest BCUT2D eigenvalue weighted by molar-refractivity contribution is 14.0. The topological polar surface area (TPSA) is 52.1 Å². The lowest BCUT2D eigenvalue weighted by molar-refractivity contribution is 0.107. The number of para-hydroxylation sites is 1. The van der Waals surface area contributed by atoms with E-state index in [2.05, 4.69) is 45.3 Å². The standard InChI is InChI=1S/C20H35N5O.HI/c1-5-24-11-13-25(14-12-24)17(3)15-22-20(21-4)23-16-18-9-7-8-10-19(18)26-6-2;/h7-10,17H,5-6,11-16H2,1-4H3,(H2,21,22,23);1H. The molecule has 7 heteroatoms. The molecule has 0 amide bonds. The predicted molar refractivity (Wildman–Crippen MR) is 124 cm³/mol. The molecule has 1 aliphatic rings. The molecular weight excluding hydrogens is 453 g/mol. The largest absolute Gasteiger partial charge is 0.494 e.